The molecule has 1 saturated heterocycles. The Hall–Kier alpha value is -2.88. The largest absolute Gasteiger partial charge is 0.433 e. The molecule has 0 bridgehead atoms. The van der Waals surface area contributed by atoms with E-state index in [4.69, 9.17) is 11.6 Å². The van der Waals surface area contributed by atoms with Crippen molar-refractivity contribution in [2.24, 2.45) is 0 Å². The quantitative estimate of drug-likeness (QED) is 0.735. The number of nitrogens with one attached hydrogen (secondary N) is 2. The summed E-state index contributed by atoms with van der Waals surface area (Å²) in [4.78, 5) is 28.9. The van der Waals surface area contributed by atoms with Crippen molar-refractivity contribution in [2.45, 2.75) is 12.2 Å². The molecule has 11 heteroatoms. The topological polar surface area (TPSA) is 74.3 Å². The molecule has 2 aromatic rings. The molecule has 3 rings (SSSR count). The van der Waals surface area contributed by atoms with E-state index in [1.54, 1.807) is 0 Å². The normalized spacial score (nSPS) is 15.6. The molecule has 2 N–H and O–H groups in total. The lowest BCUT2D eigenvalue weighted by Gasteiger charge is -2.29. The third-order valence-electron chi connectivity index (χ3n) is 4.23. The molecule has 1 unspecified atom stereocenters. The predicted molar refractivity (Wildman–Crippen MR) is 95.6 cm³/mol. The zero-order valence-electron chi connectivity index (χ0n) is 14.8. The van der Waals surface area contributed by atoms with E-state index >= 15 is 0 Å². The van der Waals surface area contributed by atoms with Crippen molar-refractivity contribution in [3.8, 4) is 0 Å². The Morgan fingerprint density at radius 1 is 1.28 bits per heavy atom. The maximum atomic E-state index is 13.5. The summed E-state index contributed by atoms with van der Waals surface area (Å²) in [6.07, 6.45) is -4.68. The van der Waals surface area contributed by atoms with Crippen LogP contribution in [0.2, 0.25) is 5.02 Å². The number of amides is 3. The molecule has 6 nitrogen and oxygen atoms in total. The van der Waals surface area contributed by atoms with Gasteiger partial charge in [-0.15, -0.1) is 0 Å². The minimum atomic E-state index is -4.68. The molecule has 0 spiro atoms. The van der Waals surface area contributed by atoms with Crippen LogP contribution in [-0.4, -0.2) is 41.5 Å². The van der Waals surface area contributed by atoms with E-state index < -0.39 is 29.8 Å². The molecule has 0 saturated carbocycles. The van der Waals surface area contributed by atoms with Crippen LogP contribution in [0.25, 0.3) is 0 Å². The molecule has 0 aliphatic carbocycles. The zero-order valence-corrected chi connectivity index (χ0v) is 15.5. The summed E-state index contributed by atoms with van der Waals surface area (Å²) in [5.41, 5.74) is -1.02. The Kier molecular flexibility index (Phi) is 5.92. The fourth-order valence-electron chi connectivity index (χ4n) is 2.82. The summed E-state index contributed by atoms with van der Waals surface area (Å²) in [6.45, 7) is 0.282. The highest BCUT2D eigenvalue weighted by molar-refractivity contribution is 6.30. The number of hydrogen-bond donors (Lipinski definition) is 2. The number of benzene rings is 1. The van der Waals surface area contributed by atoms with Crippen LogP contribution >= 0.6 is 11.6 Å². The van der Waals surface area contributed by atoms with Crippen LogP contribution in [0.5, 0.6) is 0 Å². The third-order valence-corrected chi connectivity index (χ3v) is 4.52. The average Bonchev–Trinajstić information content (AvgIpc) is 2.67. The fourth-order valence-corrected chi connectivity index (χ4v) is 3.01. The lowest BCUT2D eigenvalue weighted by atomic mass is 10.0. The van der Waals surface area contributed by atoms with E-state index in [1.165, 1.54) is 23.1 Å². The first-order chi connectivity index (χ1) is 13.6. The number of piperazine rings is 1. The SMILES string of the molecule is O=C1CN(C(=O)NC(c2ccc(F)c(Cl)c2)c2cccc(C(F)(F)F)n2)CCN1. The number of aromatic nitrogens is 1. The summed E-state index contributed by atoms with van der Waals surface area (Å²) < 4.78 is 52.8. The maximum absolute atomic E-state index is 13.5. The van der Waals surface area contributed by atoms with E-state index in [-0.39, 0.29) is 41.8 Å². The van der Waals surface area contributed by atoms with Gasteiger partial charge in [-0.25, -0.2) is 14.2 Å². The number of pyridine rings is 1. The van der Waals surface area contributed by atoms with Crippen LogP contribution in [0.15, 0.2) is 36.4 Å². The summed E-state index contributed by atoms with van der Waals surface area (Å²) in [6, 6.07) is 4.97. The van der Waals surface area contributed by atoms with Gasteiger partial charge >= 0.3 is 12.2 Å². The fraction of sp³-hybridized carbons (Fsp3) is 0.278. The zero-order chi connectivity index (χ0) is 21.2. The van der Waals surface area contributed by atoms with Crippen molar-refractivity contribution in [2.75, 3.05) is 19.6 Å². The van der Waals surface area contributed by atoms with Crippen molar-refractivity contribution < 1.29 is 27.2 Å². The van der Waals surface area contributed by atoms with Gasteiger partial charge in [-0.1, -0.05) is 23.7 Å². The van der Waals surface area contributed by atoms with Crippen LogP contribution in [-0.2, 0) is 11.0 Å². The van der Waals surface area contributed by atoms with Crippen LogP contribution < -0.4 is 10.6 Å². The molecule has 2 heterocycles. The van der Waals surface area contributed by atoms with Gasteiger partial charge in [0.1, 0.15) is 18.1 Å². The molecule has 1 aliphatic rings. The molecular formula is C18H15ClF4N4O2. The lowest BCUT2D eigenvalue weighted by Crippen LogP contribution is -2.53. The molecule has 1 aliphatic heterocycles. The highest BCUT2D eigenvalue weighted by Gasteiger charge is 2.34. The summed E-state index contributed by atoms with van der Waals surface area (Å²) in [5.74, 6) is -1.07. The number of alkyl halides is 3. The first-order valence-electron chi connectivity index (χ1n) is 8.46. The van der Waals surface area contributed by atoms with Crippen LogP contribution in [0.3, 0.4) is 0 Å². The minimum Gasteiger partial charge on any atom is -0.353 e. The molecule has 1 aromatic heterocycles. The molecule has 154 valence electrons. The third kappa shape index (κ3) is 4.94. The molecule has 3 amide bonds. The summed E-state index contributed by atoms with van der Waals surface area (Å²) in [7, 11) is 0. The molecule has 29 heavy (non-hydrogen) atoms. The van der Waals surface area contributed by atoms with Gasteiger partial charge in [-0.3, -0.25) is 4.79 Å². The number of carbonyl (C=O) groups excluding carboxylic acids is 2. The van der Waals surface area contributed by atoms with Gasteiger partial charge in [0.05, 0.1) is 16.8 Å². The molecule has 1 aromatic carbocycles. The Morgan fingerprint density at radius 2 is 2.03 bits per heavy atom. The number of hydrogen-bond acceptors (Lipinski definition) is 3. The van der Waals surface area contributed by atoms with Crippen molar-refractivity contribution in [3.63, 3.8) is 0 Å². The van der Waals surface area contributed by atoms with E-state index in [0.717, 1.165) is 18.2 Å². The van der Waals surface area contributed by atoms with E-state index in [1.807, 2.05) is 0 Å². The van der Waals surface area contributed by atoms with Crippen molar-refractivity contribution >= 4 is 23.5 Å². The second-order valence-electron chi connectivity index (χ2n) is 6.27. The second-order valence-corrected chi connectivity index (χ2v) is 6.68. The molecule has 0 radical (unpaired) electrons. The lowest BCUT2D eigenvalue weighted by molar-refractivity contribution is -0.141. The number of rotatable bonds is 3. The van der Waals surface area contributed by atoms with Crippen LogP contribution in [0, 0.1) is 5.82 Å². The number of halogens is 5. The number of nitrogens with zero attached hydrogens (tertiary/aromatic N) is 2. The Balaban J connectivity index is 1.97. The van der Waals surface area contributed by atoms with Crippen molar-refractivity contribution in [1.29, 1.82) is 0 Å². The predicted octanol–water partition coefficient (Wildman–Crippen LogP) is 3.12. The standard InChI is InChI=1S/C18H15ClF4N4O2/c19-11-8-10(4-5-12(11)20)16(13-2-1-3-14(25-13)18(21,22)23)26-17(29)27-7-6-24-15(28)9-27/h1-5,8,16H,6-7,9H2,(H,24,28)(H,26,29). The molecule has 1 fully saturated rings. The highest BCUT2D eigenvalue weighted by Crippen LogP contribution is 2.30. The first kappa shape index (κ1) is 20.8. The average molecular weight is 431 g/mol. The van der Waals surface area contributed by atoms with Crippen molar-refractivity contribution in [1.82, 2.24) is 20.5 Å². The van der Waals surface area contributed by atoms with Gasteiger partial charge < -0.3 is 15.5 Å². The highest BCUT2D eigenvalue weighted by atomic mass is 35.5. The van der Waals surface area contributed by atoms with Crippen molar-refractivity contribution in [3.05, 3.63) is 64.2 Å². The van der Waals surface area contributed by atoms with Crippen LogP contribution in [0.1, 0.15) is 23.0 Å². The number of urea groups is 1. The van der Waals surface area contributed by atoms with Crippen LogP contribution in [0.4, 0.5) is 22.4 Å². The maximum Gasteiger partial charge on any atom is 0.433 e. The Labute approximate surface area is 167 Å². The van der Waals surface area contributed by atoms with E-state index in [0.29, 0.717) is 0 Å². The summed E-state index contributed by atoms with van der Waals surface area (Å²) >= 11 is 5.80. The van der Waals surface area contributed by atoms with E-state index in [2.05, 4.69) is 15.6 Å². The van der Waals surface area contributed by atoms with E-state index in [9.17, 15) is 27.2 Å². The van der Waals surface area contributed by atoms with Gasteiger partial charge in [-0.2, -0.15) is 13.2 Å². The Morgan fingerprint density at radius 3 is 2.69 bits per heavy atom. The number of carbonyl (C=O) groups is 2. The first-order valence-corrected chi connectivity index (χ1v) is 8.84. The van der Waals surface area contributed by atoms with Gasteiger partial charge in [0, 0.05) is 13.1 Å². The monoisotopic (exact) mass is 430 g/mol. The van der Waals surface area contributed by atoms with Gasteiger partial charge in [-0.05, 0) is 29.8 Å². The van der Waals surface area contributed by atoms with Gasteiger partial charge in [0.2, 0.25) is 5.91 Å². The van der Waals surface area contributed by atoms with Gasteiger partial charge in [0.25, 0.3) is 0 Å². The summed E-state index contributed by atoms with van der Waals surface area (Å²) in [5, 5.41) is 4.87. The molecule has 1 atom stereocenters. The smallest absolute Gasteiger partial charge is 0.353 e. The minimum absolute atomic E-state index is 0.114. The Bertz CT molecular complexity index is 938. The molecular weight excluding hydrogens is 416 g/mol. The second kappa shape index (κ2) is 8.24. The van der Waals surface area contributed by atoms with Gasteiger partial charge in [0.15, 0.2) is 0 Å².